The van der Waals surface area contributed by atoms with Crippen molar-refractivity contribution in [1.29, 1.82) is 0 Å². The lowest BCUT2D eigenvalue weighted by molar-refractivity contribution is 0.347. The van der Waals surface area contributed by atoms with Gasteiger partial charge in [0, 0.05) is 24.7 Å². The van der Waals surface area contributed by atoms with E-state index in [9.17, 15) is 0 Å². The molecule has 2 N–H and O–H groups in total. The normalized spacial score (nSPS) is 10.7. The maximum atomic E-state index is 5.49. The molecular formula is C21H30IN3O3. The molecular weight excluding hydrogens is 469 g/mol. The Morgan fingerprint density at radius 2 is 1.61 bits per heavy atom. The SMILES string of the molecule is CCNC(=NCc1cccc(C)c1)NCc1cc(OC)c(OC)cc1OC.I. The minimum atomic E-state index is 0. The summed E-state index contributed by atoms with van der Waals surface area (Å²) in [4.78, 5) is 4.67. The first kappa shape index (κ1) is 23.9. The minimum absolute atomic E-state index is 0. The second-order valence-corrected chi connectivity index (χ2v) is 6.06. The molecule has 6 nitrogen and oxygen atoms in total. The summed E-state index contributed by atoms with van der Waals surface area (Å²) in [5, 5.41) is 6.62. The van der Waals surface area contributed by atoms with Crippen LogP contribution in [0.1, 0.15) is 23.6 Å². The molecule has 28 heavy (non-hydrogen) atoms. The fourth-order valence-electron chi connectivity index (χ4n) is 2.73. The first-order valence-electron chi connectivity index (χ1n) is 8.97. The van der Waals surface area contributed by atoms with Gasteiger partial charge in [-0.05, 0) is 25.5 Å². The van der Waals surface area contributed by atoms with Crippen LogP contribution in [0.3, 0.4) is 0 Å². The predicted octanol–water partition coefficient (Wildman–Crippen LogP) is 3.89. The number of nitrogens with one attached hydrogen (secondary N) is 2. The van der Waals surface area contributed by atoms with Crippen LogP contribution in [0.15, 0.2) is 41.4 Å². The lowest BCUT2D eigenvalue weighted by Gasteiger charge is -2.16. The Balaban J connectivity index is 0.00000392. The summed E-state index contributed by atoms with van der Waals surface area (Å²) in [6.45, 7) is 6.06. The molecule has 154 valence electrons. The molecule has 2 rings (SSSR count). The summed E-state index contributed by atoms with van der Waals surface area (Å²) >= 11 is 0. The molecule has 0 heterocycles. The molecule has 0 saturated carbocycles. The fraction of sp³-hybridized carbons (Fsp3) is 0.381. The first-order valence-corrected chi connectivity index (χ1v) is 8.97. The number of nitrogens with zero attached hydrogens (tertiary/aromatic N) is 1. The zero-order valence-electron chi connectivity index (χ0n) is 17.2. The van der Waals surface area contributed by atoms with E-state index in [2.05, 4.69) is 46.8 Å². The van der Waals surface area contributed by atoms with Crippen molar-refractivity contribution in [2.24, 2.45) is 4.99 Å². The van der Waals surface area contributed by atoms with Crippen LogP contribution in [0.25, 0.3) is 0 Å². The van der Waals surface area contributed by atoms with E-state index >= 15 is 0 Å². The molecule has 0 unspecified atom stereocenters. The molecule has 0 spiro atoms. The van der Waals surface area contributed by atoms with Gasteiger partial charge >= 0.3 is 0 Å². The molecule has 0 aliphatic rings. The number of halogens is 1. The molecule has 0 saturated heterocycles. The Morgan fingerprint density at radius 1 is 0.929 bits per heavy atom. The monoisotopic (exact) mass is 499 g/mol. The summed E-state index contributed by atoms with van der Waals surface area (Å²) < 4.78 is 16.2. The molecule has 7 heteroatoms. The number of aliphatic imine (C=N–C) groups is 1. The lowest BCUT2D eigenvalue weighted by atomic mass is 10.1. The highest BCUT2D eigenvalue weighted by atomic mass is 127. The van der Waals surface area contributed by atoms with Gasteiger partial charge in [-0.3, -0.25) is 0 Å². The highest BCUT2D eigenvalue weighted by Gasteiger charge is 2.12. The molecule has 0 amide bonds. The van der Waals surface area contributed by atoms with E-state index < -0.39 is 0 Å². The molecule has 0 aromatic heterocycles. The molecule has 0 atom stereocenters. The maximum absolute atomic E-state index is 5.49. The Morgan fingerprint density at radius 3 is 2.21 bits per heavy atom. The van der Waals surface area contributed by atoms with Gasteiger partial charge in [0.25, 0.3) is 0 Å². The Labute approximate surface area is 184 Å². The van der Waals surface area contributed by atoms with E-state index in [1.165, 1.54) is 11.1 Å². The van der Waals surface area contributed by atoms with Crippen molar-refractivity contribution in [2.75, 3.05) is 27.9 Å². The predicted molar refractivity (Wildman–Crippen MR) is 124 cm³/mol. The van der Waals surface area contributed by atoms with Crippen molar-refractivity contribution < 1.29 is 14.2 Å². The van der Waals surface area contributed by atoms with Gasteiger partial charge in [0.15, 0.2) is 17.5 Å². The zero-order chi connectivity index (χ0) is 19.6. The molecule has 0 fully saturated rings. The Kier molecular flexibility index (Phi) is 10.5. The van der Waals surface area contributed by atoms with E-state index in [4.69, 9.17) is 14.2 Å². The first-order chi connectivity index (χ1) is 13.1. The standard InChI is InChI=1S/C21H29N3O3.HI/c1-6-22-21(23-13-16-9-7-8-15(2)10-16)24-14-17-11-19(26-4)20(27-5)12-18(17)25-3;/h7-12H,6,13-14H2,1-5H3,(H2,22,23,24);1H. The van der Waals surface area contributed by atoms with Gasteiger partial charge in [-0.15, -0.1) is 24.0 Å². The van der Waals surface area contributed by atoms with Gasteiger partial charge < -0.3 is 24.8 Å². The molecule has 2 aromatic rings. The zero-order valence-corrected chi connectivity index (χ0v) is 19.5. The highest BCUT2D eigenvalue weighted by Crippen LogP contribution is 2.34. The average molecular weight is 499 g/mol. The molecule has 2 aromatic carbocycles. The van der Waals surface area contributed by atoms with Crippen LogP contribution >= 0.6 is 24.0 Å². The number of hydrogen-bond donors (Lipinski definition) is 2. The highest BCUT2D eigenvalue weighted by molar-refractivity contribution is 14.0. The van der Waals surface area contributed by atoms with E-state index in [1.54, 1.807) is 21.3 Å². The summed E-state index contributed by atoms with van der Waals surface area (Å²) in [7, 11) is 4.87. The van der Waals surface area contributed by atoms with Crippen molar-refractivity contribution in [3.05, 3.63) is 53.1 Å². The number of ether oxygens (including phenoxy) is 3. The average Bonchev–Trinajstić information content (AvgIpc) is 2.69. The number of benzene rings is 2. The Hall–Kier alpha value is -2.16. The van der Waals surface area contributed by atoms with Gasteiger partial charge in [-0.2, -0.15) is 0 Å². The largest absolute Gasteiger partial charge is 0.496 e. The van der Waals surface area contributed by atoms with Crippen LogP contribution in [0.5, 0.6) is 17.2 Å². The molecule has 0 bridgehead atoms. The second kappa shape index (κ2) is 12.3. The second-order valence-electron chi connectivity index (χ2n) is 6.06. The third kappa shape index (κ3) is 6.78. The van der Waals surface area contributed by atoms with Crippen molar-refractivity contribution in [1.82, 2.24) is 10.6 Å². The van der Waals surface area contributed by atoms with Gasteiger partial charge in [0.2, 0.25) is 0 Å². The van der Waals surface area contributed by atoms with Crippen molar-refractivity contribution >= 4 is 29.9 Å². The van der Waals surface area contributed by atoms with Crippen molar-refractivity contribution in [2.45, 2.75) is 26.9 Å². The topological polar surface area (TPSA) is 64.1 Å². The van der Waals surface area contributed by atoms with Crippen LogP contribution in [-0.2, 0) is 13.1 Å². The van der Waals surface area contributed by atoms with E-state index in [1.807, 2.05) is 19.1 Å². The third-order valence-electron chi connectivity index (χ3n) is 4.08. The lowest BCUT2D eigenvalue weighted by Crippen LogP contribution is -2.36. The van der Waals surface area contributed by atoms with Crippen molar-refractivity contribution in [3.63, 3.8) is 0 Å². The third-order valence-corrected chi connectivity index (χ3v) is 4.08. The van der Waals surface area contributed by atoms with E-state index in [0.717, 1.165) is 23.8 Å². The fourth-order valence-corrected chi connectivity index (χ4v) is 2.73. The quantitative estimate of drug-likeness (QED) is 0.328. The number of guanidine groups is 1. The van der Waals surface area contributed by atoms with Crippen molar-refractivity contribution in [3.8, 4) is 17.2 Å². The molecule has 0 aliphatic carbocycles. The van der Waals surface area contributed by atoms with Gasteiger partial charge in [-0.1, -0.05) is 29.8 Å². The summed E-state index contributed by atoms with van der Waals surface area (Å²) in [6, 6.07) is 12.1. The summed E-state index contributed by atoms with van der Waals surface area (Å²) in [5.74, 6) is 2.78. The number of aryl methyl sites for hydroxylation is 1. The smallest absolute Gasteiger partial charge is 0.191 e. The number of hydrogen-bond acceptors (Lipinski definition) is 4. The number of rotatable bonds is 8. The van der Waals surface area contributed by atoms with Gasteiger partial charge in [0.1, 0.15) is 5.75 Å². The van der Waals surface area contributed by atoms with Gasteiger partial charge in [0.05, 0.1) is 27.9 Å². The van der Waals surface area contributed by atoms with Crippen LogP contribution in [0, 0.1) is 6.92 Å². The van der Waals surface area contributed by atoms with Crippen LogP contribution < -0.4 is 24.8 Å². The minimum Gasteiger partial charge on any atom is -0.496 e. The van der Waals surface area contributed by atoms with E-state index in [-0.39, 0.29) is 24.0 Å². The number of methoxy groups -OCH3 is 3. The van der Waals surface area contributed by atoms with Crippen LogP contribution in [0.2, 0.25) is 0 Å². The Bertz CT molecular complexity index is 781. The molecule has 0 aliphatic heterocycles. The maximum Gasteiger partial charge on any atom is 0.191 e. The van der Waals surface area contributed by atoms with Crippen LogP contribution in [-0.4, -0.2) is 33.8 Å². The van der Waals surface area contributed by atoms with Crippen LogP contribution in [0.4, 0.5) is 0 Å². The molecule has 0 radical (unpaired) electrons. The summed E-state index contributed by atoms with van der Waals surface area (Å²) in [6.07, 6.45) is 0. The van der Waals surface area contributed by atoms with Gasteiger partial charge in [-0.25, -0.2) is 4.99 Å². The van der Waals surface area contributed by atoms with E-state index in [0.29, 0.717) is 24.6 Å². The summed E-state index contributed by atoms with van der Waals surface area (Å²) in [5.41, 5.74) is 3.36.